The highest BCUT2D eigenvalue weighted by atomic mass is 16.6. The van der Waals surface area contributed by atoms with Crippen LogP contribution >= 0.6 is 0 Å². The molecule has 0 aliphatic carbocycles. The summed E-state index contributed by atoms with van der Waals surface area (Å²) in [5.74, 6) is -9.92. The second-order valence-electron chi connectivity index (χ2n) is 22.6. The lowest BCUT2D eigenvalue weighted by molar-refractivity contribution is -0.183. The minimum atomic E-state index is -2.02. The fourth-order valence-electron chi connectivity index (χ4n) is 7.24. The molecule has 0 N–H and O–H groups in total. The fraction of sp³-hybridized carbons (Fsp3) is 0.680. The molecule has 1 atom stereocenters. The van der Waals surface area contributed by atoms with Crippen LogP contribution in [-0.4, -0.2) is 217 Å². The first-order valence-electron chi connectivity index (χ1n) is 26.2. The zero-order chi connectivity index (χ0) is 64.9. The molecule has 1 rings (SSSR count). The molecule has 31 nitrogen and oxygen atoms in total. The highest BCUT2D eigenvalue weighted by Gasteiger charge is 2.47. The number of hydrogen-bond acceptors (Lipinski definition) is 30. The molecule has 1 heterocycles. The molecule has 470 valence electrons. The first kappa shape index (κ1) is 75.0. The van der Waals surface area contributed by atoms with Gasteiger partial charge in [-0.3, -0.25) is 71.8 Å². The molecule has 85 heavy (non-hydrogen) atoms. The number of hydrogen-bond donors (Lipinski definition) is 0. The summed E-state index contributed by atoms with van der Waals surface area (Å²) < 4.78 is 74.0. The van der Waals surface area contributed by atoms with E-state index in [9.17, 15) is 67.1 Å². The van der Waals surface area contributed by atoms with Crippen molar-refractivity contribution in [1.29, 1.82) is 0 Å². The Balaban J connectivity index is 3.44. The van der Waals surface area contributed by atoms with Gasteiger partial charge in [0.1, 0.15) is 124 Å². The van der Waals surface area contributed by atoms with Crippen LogP contribution in [0.3, 0.4) is 0 Å². The van der Waals surface area contributed by atoms with Crippen LogP contribution in [0.2, 0.25) is 0 Å². The van der Waals surface area contributed by atoms with E-state index in [1.807, 2.05) is 20.8 Å². The molecule has 1 aromatic rings. The summed E-state index contributed by atoms with van der Waals surface area (Å²) >= 11 is 0. The number of ether oxygens (including phenoxy) is 14. The van der Waals surface area contributed by atoms with Gasteiger partial charge in [0.05, 0.1) is 12.8 Å². The van der Waals surface area contributed by atoms with Crippen molar-refractivity contribution in [3.05, 3.63) is 11.9 Å². The smallest absolute Gasteiger partial charge is 0.319 e. The second kappa shape index (κ2) is 34.7. The van der Waals surface area contributed by atoms with Crippen molar-refractivity contribution in [2.24, 2.45) is 43.8 Å². The summed E-state index contributed by atoms with van der Waals surface area (Å²) in [4.78, 5) is 173. The van der Waals surface area contributed by atoms with Crippen molar-refractivity contribution in [3.63, 3.8) is 0 Å². The summed E-state index contributed by atoms with van der Waals surface area (Å²) in [5, 5.41) is 8.28. The molecule has 1 unspecified atom stereocenters. The highest BCUT2D eigenvalue weighted by molar-refractivity contribution is 6.56. The minimum absolute atomic E-state index is 0.0519. The van der Waals surface area contributed by atoms with E-state index >= 15 is 0 Å². The molecule has 35 heteroatoms. The van der Waals surface area contributed by atoms with Gasteiger partial charge in [-0.25, -0.2) is 0 Å². The Bertz CT molecular complexity index is 2330. The highest BCUT2D eigenvalue weighted by Crippen LogP contribution is 2.33. The maximum absolute atomic E-state index is 14.1. The fourth-order valence-corrected chi connectivity index (χ4v) is 7.24. The Morgan fingerprint density at radius 2 is 0.706 bits per heavy atom. The van der Waals surface area contributed by atoms with Crippen LogP contribution in [-0.2, 0) is 127 Å². The number of rotatable bonds is 43. The molecule has 0 saturated heterocycles. The van der Waals surface area contributed by atoms with Crippen LogP contribution in [0.25, 0.3) is 0 Å². The van der Waals surface area contributed by atoms with E-state index in [-0.39, 0.29) is 50.7 Å². The van der Waals surface area contributed by atoms with Gasteiger partial charge in [-0.15, -0.1) is 5.10 Å². The van der Waals surface area contributed by atoms with Crippen LogP contribution in [0.4, 0.5) is 19.2 Å². The van der Waals surface area contributed by atoms with Gasteiger partial charge in [0.2, 0.25) is 54.9 Å². The predicted octanol–water partition coefficient (Wildman–Crippen LogP) is -1.71. The van der Waals surface area contributed by atoms with Gasteiger partial charge in [0, 0.05) is 6.54 Å². The standard InChI is InChI=1S/C50H75B4N3O28/c1-10-32(13-76-34(62)47(6,20-78-36(64)45(4,16-72-28-58)17-73-29-59)21-79-37(65)46(5,18-74-30-60)19-75-31-61)11-44(2,3)15-57-12-33(55-56-57)14-77-35(63)48(7,22-80-38(66)49(8,24-82-40(51)68)25-83-41(52)69)23-81-39(67)50(9,26-84-42(53)70)27-85-43(54)71/h12,28-32H,10-11,13-27,51-54H2,1-9H3. The summed E-state index contributed by atoms with van der Waals surface area (Å²) in [6, 6.07) is 0. The van der Waals surface area contributed by atoms with E-state index in [4.69, 9.17) is 66.3 Å². The Labute approximate surface area is 493 Å². The number of esters is 6. The number of nitrogens with zero attached hydrogens (tertiary/aromatic N) is 3. The van der Waals surface area contributed by atoms with Crippen molar-refractivity contribution in [3.8, 4) is 0 Å². The van der Waals surface area contributed by atoms with Crippen LogP contribution in [0.1, 0.15) is 80.8 Å². The van der Waals surface area contributed by atoms with Crippen LogP contribution in [0.5, 0.6) is 0 Å². The van der Waals surface area contributed by atoms with Crippen molar-refractivity contribution in [1.82, 2.24) is 15.0 Å². The van der Waals surface area contributed by atoms with Gasteiger partial charge >= 0.3 is 35.8 Å². The third-order valence-electron chi connectivity index (χ3n) is 12.7. The van der Waals surface area contributed by atoms with Crippen LogP contribution in [0, 0.1) is 43.8 Å². The van der Waals surface area contributed by atoms with Crippen molar-refractivity contribution in [2.45, 2.75) is 88.3 Å². The lowest BCUT2D eigenvalue weighted by Gasteiger charge is -2.32. The van der Waals surface area contributed by atoms with E-state index in [1.165, 1.54) is 52.4 Å². The molecule has 0 spiro atoms. The lowest BCUT2D eigenvalue weighted by atomic mass is 9.82. The molecule has 0 saturated carbocycles. The summed E-state index contributed by atoms with van der Waals surface area (Å²) in [7, 11) is 4.31. The topological polar surface area (TPSA) is 399 Å². The molecule has 0 fully saturated rings. The third kappa shape index (κ3) is 25.8. The Morgan fingerprint density at radius 3 is 0.988 bits per heavy atom. The van der Waals surface area contributed by atoms with E-state index in [0.717, 1.165) is 31.4 Å². The van der Waals surface area contributed by atoms with Crippen molar-refractivity contribution in [2.75, 3.05) is 85.9 Å². The zero-order valence-electron chi connectivity index (χ0n) is 50.3. The maximum Gasteiger partial charge on any atom is 0.319 e. The SMILES string of the molecule is BC(=O)OCC(C)(COC(B)=O)C(=O)OCC(C)(COC(=O)C(C)(COC(B)=O)COC(B)=O)C(=O)OCc1cn(CC(C)(C)CC(CC)COC(=O)C(C)(COC(=O)C(C)(COC=O)COC=O)COC(=O)C(C)(COC=O)COC=O)nn1. The maximum atomic E-state index is 14.1. The number of carbonyl (C=O) groups is 14. The van der Waals surface area contributed by atoms with Crippen LogP contribution in [0.15, 0.2) is 6.20 Å². The molecular weight excluding hydrogens is 1130 g/mol. The second-order valence-corrected chi connectivity index (χ2v) is 22.6. The molecular formula is C50H75B4N3O28. The quantitative estimate of drug-likeness (QED) is 0.0304. The van der Waals surface area contributed by atoms with E-state index in [1.54, 1.807) is 0 Å². The summed E-state index contributed by atoms with van der Waals surface area (Å²) in [5.41, 5.74) is -11.6. The first-order chi connectivity index (χ1) is 39.6. The van der Waals surface area contributed by atoms with Gasteiger partial charge in [0.15, 0.2) is 0 Å². The average Bonchev–Trinajstić information content (AvgIpc) is 3.97. The zero-order valence-corrected chi connectivity index (χ0v) is 50.3. The monoisotopic (exact) mass is 1210 g/mol. The van der Waals surface area contributed by atoms with Crippen LogP contribution < -0.4 is 0 Å². The normalized spacial score (nSPS) is 12.2. The summed E-state index contributed by atoms with van der Waals surface area (Å²) in [6.07, 6.45) is 2.29. The predicted molar refractivity (Wildman–Crippen MR) is 293 cm³/mol. The van der Waals surface area contributed by atoms with Crippen molar-refractivity contribution < 1.29 is 133 Å². The Hall–Kier alpha value is -8.02. The van der Waals surface area contributed by atoms with Gasteiger partial charge in [-0.05, 0) is 59.3 Å². The average molecular weight is 1210 g/mol. The number of carbonyl (C=O) groups excluding carboxylic acids is 14. The third-order valence-corrected chi connectivity index (χ3v) is 12.7. The lowest BCUT2D eigenvalue weighted by Crippen LogP contribution is -2.46. The first-order valence-corrected chi connectivity index (χ1v) is 26.2. The van der Waals surface area contributed by atoms with Gasteiger partial charge in [0.25, 0.3) is 25.9 Å². The molecule has 0 aliphatic rings. The summed E-state index contributed by atoms with van der Waals surface area (Å²) in [6.45, 7) is 4.67. The van der Waals surface area contributed by atoms with E-state index in [0.29, 0.717) is 12.8 Å². The molecule has 0 amide bonds. The Kier molecular flexibility index (Phi) is 30.6. The largest absolute Gasteiger partial charge is 0.473 e. The Morgan fingerprint density at radius 1 is 0.435 bits per heavy atom. The van der Waals surface area contributed by atoms with Crippen molar-refractivity contribution >= 4 is 117 Å². The minimum Gasteiger partial charge on any atom is -0.473 e. The van der Waals surface area contributed by atoms with Gasteiger partial charge in [-0.1, -0.05) is 32.4 Å². The molecule has 0 aromatic carbocycles. The molecule has 0 radical (unpaired) electrons. The molecule has 1 aromatic heterocycles. The molecule has 0 bridgehead atoms. The van der Waals surface area contributed by atoms with E-state index < -0.39 is 183 Å². The van der Waals surface area contributed by atoms with Gasteiger partial charge < -0.3 is 66.3 Å². The van der Waals surface area contributed by atoms with Gasteiger partial charge in [-0.2, -0.15) is 0 Å². The molecule has 0 aliphatic heterocycles. The van der Waals surface area contributed by atoms with E-state index in [2.05, 4.69) is 10.3 Å². The number of aromatic nitrogens is 3.